The van der Waals surface area contributed by atoms with Crippen LogP contribution in [-0.4, -0.2) is 16.8 Å². The minimum absolute atomic E-state index is 0.0639. The van der Waals surface area contributed by atoms with Crippen LogP contribution in [-0.2, 0) is 16.9 Å². The molecule has 1 saturated heterocycles. The summed E-state index contributed by atoms with van der Waals surface area (Å²) in [6.07, 6.45) is 0. The molecule has 0 spiro atoms. The second-order valence-corrected chi connectivity index (χ2v) is 6.55. The molecule has 0 bridgehead atoms. The number of imide groups is 1. The number of benzene rings is 2. The van der Waals surface area contributed by atoms with Crippen molar-refractivity contribution >= 4 is 27.9 Å². The number of hydrogen-bond donors (Lipinski definition) is 1. The van der Waals surface area contributed by atoms with Gasteiger partial charge in [0.25, 0.3) is 5.91 Å². The number of carbonyl (C=O) groups is 2. The predicted octanol–water partition coefficient (Wildman–Crippen LogP) is 3.29. The molecular formula is C18H14BrN3O2. The summed E-state index contributed by atoms with van der Waals surface area (Å²) in [4.78, 5) is 26.5. The smallest absolute Gasteiger partial charge is 0.319 e. The lowest BCUT2D eigenvalue weighted by atomic mass is 9.92. The number of carbonyl (C=O) groups excluding carboxylic acids is 2. The van der Waals surface area contributed by atoms with E-state index < -0.39 is 11.6 Å². The van der Waals surface area contributed by atoms with Gasteiger partial charge in [-0.15, -0.1) is 0 Å². The van der Waals surface area contributed by atoms with Crippen molar-refractivity contribution in [2.24, 2.45) is 0 Å². The SMILES string of the molecule is CC1(c2ccccc2Br)NC(=O)N(Cc2ccccc2C#N)C1=O. The highest BCUT2D eigenvalue weighted by molar-refractivity contribution is 9.10. The van der Waals surface area contributed by atoms with Crippen molar-refractivity contribution in [3.05, 3.63) is 69.7 Å². The van der Waals surface area contributed by atoms with Gasteiger partial charge in [-0.2, -0.15) is 5.26 Å². The molecule has 3 amide bonds. The monoisotopic (exact) mass is 383 g/mol. The van der Waals surface area contributed by atoms with Crippen molar-refractivity contribution in [1.29, 1.82) is 5.26 Å². The van der Waals surface area contributed by atoms with E-state index in [1.54, 1.807) is 37.3 Å². The fourth-order valence-corrected chi connectivity index (χ4v) is 3.51. The van der Waals surface area contributed by atoms with Crippen LogP contribution in [0.15, 0.2) is 53.0 Å². The van der Waals surface area contributed by atoms with Gasteiger partial charge in [0.05, 0.1) is 18.2 Å². The van der Waals surface area contributed by atoms with Crippen LogP contribution in [0.1, 0.15) is 23.6 Å². The Kier molecular flexibility index (Phi) is 4.12. The maximum atomic E-state index is 12.9. The number of nitrogens with zero attached hydrogens (tertiary/aromatic N) is 2. The van der Waals surface area contributed by atoms with Gasteiger partial charge in [-0.3, -0.25) is 9.69 Å². The second-order valence-electron chi connectivity index (χ2n) is 5.70. The summed E-state index contributed by atoms with van der Waals surface area (Å²) in [7, 11) is 0. The molecule has 0 aromatic heterocycles. The van der Waals surface area contributed by atoms with E-state index in [0.717, 1.165) is 9.37 Å². The Hall–Kier alpha value is -2.65. The molecule has 1 aliphatic heterocycles. The molecule has 1 fully saturated rings. The first-order chi connectivity index (χ1) is 11.5. The highest BCUT2D eigenvalue weighted by Crippen LogP contribution is 2.34. The highest BCUT2D eigenvalue weighted by Gasteiger charge is 2.49. The maximum absolute atomic E-state index is 12.9. The van der Waals surface area contributed by atoms with E-state index in [4.69, 9.17) is 0 Å². The van der Waals surface area contributed by atoms with Gasteiger partial charge in [0.1, 0.15) is 5.54 Å². The standard InChI is InChI=1S/C18H14BrN3O2/c1-18(14-8-4-5-9-15(14)19)16(23)22(17(24)21-18)11-13-7-3-2-6-12(13)10-20/h2-9H,11H2,1H3,(H,21,24). The molecule has 1 aliphatic rings. The molecule has 24 heavy (non-hydrogen) atoms. The lowest BCUT2D eigenvalue weighted by Crippen LogP contribution is -2.41. The quantitative estimate of drug-likeness (QED) is 0.826. The molecule has 3 rings (SSSR count). The van der Waals surface area contributed by atoms with Crippen LogP contribution in [0.25, 0.3) is 0 Å². The Morgan fingerprint density at radius 1 is 1.17 bits per heavy atom. The van der Waals surface area contributed by atoms with Crippen molar-refractivity contribution < 1.29 is 9.59 Å². The number of rotatable bonds is 3. The van der Waals surface area contributed by atoms with Crippen LogP contribution >= 0.6 is 15.9 Å². The summed E-state index contributed by atoms with van der Waals surface area (Å²) in [6.45, 7) is 1.75. The minimum Gasteiger partial charge on any atom is -0.319 e. The summed E-state index contributed by atoms with van der Waals surface area (Å²) in [5, 5.41) is 12.0. The molecule has 0 saturated carbocycles. The zero-order valence-electron chi connectivity index (χ0n) is 12.9. The first-order valence-corrected chi connectivity index (χ1v) is 8.14. The maximum Gasteiger partial charge on any atom is 0.325 e. The van der Waals surface area contributed by atoms with Gasteiger partial charge >= 0.3 is 6.03 Å². The molecule has 0 radical (unpaired) electrons. The molecule has 2 aromatic rings. The Morgan fingerprint density at radius 3 is 2.54 bits per heavy atom. The fraction of sp³-hybridized carbons (Fsp3) is 0.167. The Balaban J connectivity index is 1.96. The number of hydrogen-bond acceptors (Lipinski definition) is 3. The molecule has 5 nitrogen and oxygen atoms in total. The van der Waals surface area contributed by atoms with E-state index >= 15 is 0 Å². The normalized spacial score (nSPS) is 20.0. The molecule has 1 unspecified atom stereocenters. The van der Waals surface area contributed by atoms with Crippen molar-refractivity contribution in [3.8, 4) is 6.07 Å². The Labute approximate surface area is 148 Å². The van der Waals surface area contributed by atoms with E-state index in [2.05, 4.69) is 27.3 Å². The third kappa shape index (κ3) is 2.57. The van der Waals surface area contributed by atoms with E-state index in [9.17, 15) is 14.9 Å². The summed E-state index contributed by atoms with van der Waals surface area (Å²) >= 11 is 3.43. The number of halogens is 1. The van der Waals surface area contributed by atoms with E-state index in [-0.39, 0.29) is 12.5 Å². The molecule has 120 valence electrons. The van der Waals surface area contributed by atoms with Gasteiger partial charge < -0.3 is 5.32 Å². The van der Waals surface area contributed by atoms with Crippen molar-refractivity contribution in [2.75, 3.05) is 0 Å². The third-order valence-corrected chi connectivity index (χ3v) is 4.85. The van der Waals surface area contributed by atoms with E-state index in [1.807, 2.05) is 18.2 Å². The number of nitrogens with one attached hydrogen (secondary N) is 1. The van der Waals surface area contributed by atoms with Gasteiger partial charge in [-0.1, -0.05) is 52.3 Å². The topological polar surface area (TPSA) is 73.2 Å². The average Bonchev–Trinajstić information content (AvgIpc) is 2.80. The van der Waals surface area contributed by atoms with Gasteiger partial charge in [0.2, 0.25) is 0 Å². The summed E-state index contributed by atoms with van der Waals surface area (Å²) in [6, 6.07) is 15.8. The summed E-state index contributed by atoms with van der Waals surface area (Å²) < 4.78 is 0.750. The Morgan fingerprint density at radius 2 is 1.83 bits per heavy atom. The highest BCUT2D eigenvalue weighted by atomic mass is 79.9. The van der Waals surface area contributed by atoms with Crippen LogP contribution in [0, 0.1) is 11.3 Å². The molecule has 2 aromatic carbocycles. The van der Waals surface area contributed by atoms with Crippen LogP contribution in [0.2, 0.25) is 0 Å². The first-order valence-electron chi connectivity index (χ1n) is 7.34. The van der Waals surface area contributed by atoms with Crippen LogP contribution in [0.3, 0.4) is 0 Å². The second kappa shape index (κ2) is 6.10. The van der Waals surface area contributed by atoms with E-state index in [1.165, 1.54) is 0 Å². The number of urea groups is 1. The predicted molar refractivity (Wildman–Crippen MR) is 91.7 cm³/mol. The summed E-state index contributed by atoms with van der Waals surface area (Å²) in [5.41, 5.74) is 0.644. The zero-order valence-corrected chi connectivity index (χ0v) is 14.5. The zero-order chi connectivity index (χ0) is 17.3. The van der Waals surface area contributed by atoms with Crippen LogP contribution in [0.4, 0.5) is 4.79 Å². The van der Waals surface area contributed by atoms with Gasteiger partial charge in [-0.25, -0.2) is 4.79 Å². The molecule has 1 heterocycles. The van der Waals surface area contributed by atoms with Crippen molar-refractivity contribution in [1.82, 2.24) is 10.2 Å². The van der Waals surface area contributed by atoms with E-state index in [0.29, 0.717) is 16.7 Å². The molecule has 1 atom stereocenters. The lowest BCUT2D eigenvalue weighted by molar-refractivity contribution is -0.131. The molecule has 6 heteroatoms. The van der Waals surface area contributed by atoms with Crippen LogP contribution in [0.5, 0.6) is 0 Å². The Bertz CT molecular complexity index is 875. The fourth-order valence-electron chi connectivity index (χ4n) is 2.83. The molecular weight excluding hydrogens is 370 g/mol. The molecule has 1 N–H and O–H groups in total. The van der Waals surface area contributed by atoms with Crippen molar-refractivity contribution in [3.63, 3.8) is 0 Å². The lowest BCUT2D eigenvalue weighted by Gasteiger charge is -2.23. The minimum atomic E-state index is -1.14. The van der Waals surface area contributed by atoms with Gasteiger partial charge in [-0.05, 0) is 24.6 Å². The number of nitriles is 1. The van der Waals surface area contributed by atoms with Gasteiger partial charge in [0.15, 0.2) is 0 Å². The first kappa shape index (κ1) is 16.2. The molecule has 0 aliphatic carbocycles. The largest absolute Gasteiger partial charge is 0.325 e. The van der Waals surface area contributed by atoms with Crippen LogP contribution < -0.4 is 5.32 Å². The average molecular weight is 384 g/mol. The van der Waals surface area contributed by atoms with Crippen molar-refractivity contribution in [2.45, 2.75) is 19.0 Å². The third-order valence-electron chi connectivity index (χ3n) is 4.15. The summed E-state index contributed by atoms with van der Waals surface area (Å²) in [5.74, 6) is -0.341. The van der Waals surface area contributed by atoms with Gasteiger partial charge in [0, 0.05) is 10.0 Å². The number of amides is 3.